The fourth-order valence-corrected chi connectivity index (χ4v) is 0.592. The third-order valence-corrected chi connectivity index (χ3v) is 1.11. The van der Waals surface area contributed by atoms with Crippen LogP contribution in [0.5, 0.6) is 0 Å². The summed E-state index contributed by atoms with van der Waals surface area (Å²) in [6.07, 6.45) is 0.837. The molecule has 0 saturated heterocycles. The summed E-state index contributed by atoms with van der Waals surface area (Å²) in [5, 5.41) is 8.55. The van der Waals surface area contributed by atoms with Crippen molar-refractivity contribution in [3.8, 4) is 0 Å². The maximum Gasteiger partial charge on any atom is 0.123 e. The van der Waals surface area contributed by atoms with Gasteiger partial charge in [0.2, 0.25) is 0 Å². The Morgan fingerprint density at radius 3 is 2.43 bits per heavy atom. The maximum atomic E-state index is 9.66. The molecule has 1 saturated carbocycles. The van der Waals surface area contributed by atoms with Crippen molar-refractivity contribution in [2.45, 2.75) is 18.9 Å². The first-order chi connectivity index (χ1) is 3.33. The largest absolute Gasteiger partial charge is 0.392 e. The molecule has 2 heteroatoms. The first kappa shape index (κ1) is 4.57. The highest BCUT2D eigenvalue weighted by molar-refractivity contribution is 5.55. The molecule has 1 aliphatic carbocycles. The van der Waals surface area contributed by atoms with Crippen LogP contribution in [0.15, 0.2) is 5.57 Å². The molecule has 0 heterocycles. The Morgan fingerprint density at radius 2 is 2.29 bits per heavy atom. The molecule has 0 aromatic carbocycles. The molecule has 1 N–H and O–H groups in total. The monoisotopic (exact) mass is 98.0 g/mol. The van der Waals surface area contributed by atoms with Crippen LogP contribution < -0.4 is 0 Å². The van der Waals surface area contributed by atoms with Crippen molar-refractivity contribution >= 4 is 5.94 Å². The SMILES string of the molecule is O=C=C1CC(O)C1. The lowest BCUT2D eigenvalue weighted by atomic mass is 9.91. The molecule has 1 aliphatic rings. The molecule has 0 spiro atoms. The molecule has 0 atom stereocenters. The first-order valence-electron chi connectivity index (χ1n) is 2.24. The molecule has 1 fully saturated rings. The number of hydrogen-bond donors (Lipinski definition) is 1. The molecule has 1 rings (SSSR count). The van der Waals surface area contributed by atoms with Gasteiger partial charge in [0.25, 0.3) is 0 Å². The summed E-state index contributed by atoms with van der Waals surface area (Å²) in [5.74, 6) is 1.74. The van der Waals surface area contributed by atoms with E-state index in [0.29, 0.717) is 18.4 Å². The lowest BCUT2D eigenvalue weighted by Crippen LogP contribution is -2.19. The molecule has 0 radical (unpaired) electrons. The summed E-state index contributed by atoms with van der Waals surface area (Å²) in [7, 11) is 0. The van der Waals surface area contributed by atoms with Crippen LogP contribution in [-0.4, -0.2) is 17.2 Å². The minimum atomic E-state index is -0.253. The van der Waals surface area contributed by atoms with Crippen LogP contribution in [0.2, 0.25) is 0 Å². The van der Waals surface area contributed by atoms with Gasteiger partial charge in [-0.1, -0.05) is 0 Å². The number of aliphatic hydroxyl groups excluding tert-OH is 1. The molecule has 7 heavy (non-hydrogen) atoms. The van der Waals surface area contributed by atoms with E-state index >= 15 is 0 Å². The Morgan fingerprint density at radius 1 is 1.71 bits per heavy atom. The van der Waals surface area contributed by atoms with E-state index in [4.69, 9.17) is 5.11 Å². The normalized spacial score (nSPS) is 28.7. The second kappa shape index (κ2) is 1.49. The van der Waals surface area contributed by atoms with E-state index in [2.05, 4.69) is 0 Å². The number of carbonyl (C=O) groups excluding carboxylic acids is 1. The Hall–Kier alpha value is -0.590. The molecule has 2 nitrogen and oxygen atoms in total. The third kappa shape index (κ3) is 0.710. The van der Waals surface area contributed by atoms with Crippen LogP contribution in [-0.2, 0) is 4.79 Å². The van der Waals surface area contributed by atoms with Gasteiger partial charge in [0, 0.05) is 18.4 Å². The number of rotatable bonds is 0. The summed E-state index contributed by atoms with van der Waals surface area (Å²) in [5.41, 5.74) is 0.715. The lowest BCUT2D eigenvalue weighted by molar-refractivity contribution is 0.137. The van der Waals surface area contributed by atoms with Crippen LogP contribution in [0.3, 0.4) is 0 Å². The van der Waals surface area contributed by atoms with Gasteiger partial charge in [-0.25, -0.2) is 4.79 Å². The topological polar surface area (TPSA) is 37.3 Å². The van der Waals surface area contributed by atoms with E-state index in [-0.39, 0.29) is 6.10 Å². The smallest absolute Gasteiger partial charge is 0.123 e. The Balaban J connectivity index is 2.45. The van der Waals surface area contributed by atoms with Gasteiger partial charge in [-0.3, -0.25) is 0 Å². The molecule has 38 valence electrons. The zero-order valence-corrected chi connectivity index (χ0v) is 3.85. The summed E-state index contributed by atoms with van der Waals surface area (Å²) in [4.78, 5) is 9.66. The molecule has 0 aliphatic heterocycles. The van der Waals surface area contributed by atoms with Gasteiger partial charge in [0.05, 0.1) is 6.10 Å². The van der Waals surface area contributed by atoms with Crippen molar-refractivity contribution < 1.29 is 9.90 Å². The maximum absolute atomic E-state index is 9.66. The van der Waals surface area contributed by atoms with Crippen LogP contribution in [0, 0.1) is 0 Å². The van der Waals surface area contributed by atoms with E-state index in [1.807, 2.05) is 0 Å². The van der Waals surface area contributed by atoms with Crippen molar-refractivity contribution in [3.63, 3.8) is 0 Å². The van der Waals surface area contributed by atoms with Crippen LogP contribution >= 0.6 is 0 Å². The van der Waals surface area contributed by atoms with Gasteiger partial charge in [-0.2, -0.15) is 0 Å². The lowest BCUT2D eigenvalue weighted by Gasteiger charge is -2.19. The van der Waals surface area contributed by atoms with Crippen molar-refractivity contribution in [3.05, 3.63) is 5.57 Å². The zero-order chi connectivity index (χ0) is 5.28. The van der Waals surface area contributed by atoms with Gasteiger partial charge in [-0.15, -0.1) is 0 Å². The predicted octanol–water partition coefficient (Wildman–Crippen LogP) is -0.101. The van der Waals surface area contributed by atoms with Gasteiger partial charge >= 0.3 is 0 Å². The highest BCUT2D eigenvalue weighted by Crippen LogP contribution is 2.22. The fraction of sp³-hybridized carbons (Fsp3) is 0.600. The molecular formula is C5H6O2. The Labute approximate surface area is 41.5 Å². The average Bonchev–Trinajstić information content (AvgIpc) is 1.58. The Bertz CT molecular complexity index is 114. The van der Waals surface area contributed by atoms with Gasteiger partial charge in [0.1, 0.15) is 5.94 Å². The average molecular weight is 98.1 g/mol. The second-order valence-electron chi connectivity index (χ2n) is 1.77. The quantitative estimate of drug-likeness (QED) is 0.429. The van der Waals surface area contributed by atoms with Crippen molar-refractivity contribution in [2.24, 2.45) is 0 Å². The summed E-state index contributed by atoms with van der Waals surface area (Å²) in [6.45, 7) is 0. The van der Waals surface area contributed by atoms with Crippen molar-refractivity contribution in [2.75, 3.05) is 0 Å². The number of aliphatic hydroxyl groups is 1. The highest BCUT2D eigenvalue weighted by Gasteiger charge is 2.20. The van der Waals surface area contributed by atoms with E-state index in [1.54, 1.807) is 5.94 Å². The highest BCUT2D eigenvalue weighted by atomic mass is 16.3. The van der Waals surface area contributed by atoms with E-state index in [1.165, 1.54) is 0 Å². The molecule has 0 aromatic heterocycles. The molecule has 0 bridgehead atoms. The van der Waals surface area contributed by atoms with Crippen LogP contribution in [0.1, 0.15) is 12.8 Å². The fourth-order valence-electron chi connectivity index (χ4n) is 0.592. The Kier molecular flexibility index (Phi) is 0.970. The molecular weight excluding hydrogens is 92.1 g/mol. The molecule has 0 amide bonds. The second-order valence-corrected chi connectivity index (χ2v) is 1.77. The number of hydrogen-bond acceptors (Lipinski definition) is 2. The summed E-state index contributed by atoms with van der Waals surface area (Å²) in [6, 6.07) is 0. The van der Waals surface area contributed by atoms with Crippen molar-refractivity contribution in [1.82, 2.24) is 0 Å². The van der Waals surface area contributed by atoms with E-state index in [9.17, 15) is 4.79 Å². The van der Waals surface area contributed by atoms with Gasteiger partial charge < -0.3 is 5.11 Å². The van der Waals surface area contributed by atoms with Crippen LogP contribution in [0.4, 0.5) is 0 Å². The van der Waals surface area contributed by atoms with Gasteiger partial charge in [0.15, 0.2) is 0 Å². The first-order valence-corrected chi connectivity index (χ1v) is 2.24. The van der Waals surface area contributed by atoms with E-state index < -0.39 is 0 Å². The van der Waals surface area contributed by atoms with Gasteiger partial charge in [-0.05, 0) is 0 Å². The minimum Gasteiger partial charge on any atom is -0.392 e. The standard InChI is InChI=1S/C5H6O2/c6-3-4-1-5(7)2-4/h5,7H,1-2H2. The van der Waals surface area contributed by atoms with E-state index in [0.717, 1.165) is 0 Å². The third-order valence-electron chi connectivity index (χ3n) is 1.11. The van der Waals surface area contributed by atoms with Crippen molar-refractivity contribution in [1.29, 1.82) is 0 Å². The minimum absolute atomic E-state index is 0.253. The molecule has 0 aromatic rings. The zero-order valence-electron chi connectivity index (χ0n) is 3.85. The van der Waals surface area contributed by atoms with Crippen LogP contribution in [0.25, 0.3) is 0 Å². The molecule has 0 unspecified atom stereocenters. The summed E-state index contributed by atoms with van der Waals surface area (Å²) >= 11 is 0. The predicted molar refractivity (Wildman–Crippen MR) is 24.4 cm³/mol. The summed E-state index contributed by atoms with van der Waals surface area (Å²) < 4.78 is 0.